The summed E-state index contributed by atoms with van der Waals surface area (Å²) in [7, 11) is 0. The Bertz CT molecular complexity index is 1850. The van der Waals surface area contributed by atoms with E-state index in [9.17, 15) is 105 Å². The molecule has 0 spiro atoms. The van der Waals surface area contributed by atoms with Gasteiger partial charge in [-0.15, -0.1) is 0 Å². The van der Waals surface area contributed by atoms with Gasteiger partial charge in [0, 0.05) is 0 Å². The van der Waals surface area contributed by atoms with Crippen LogP contribution in [0.4, 0.5) is 105 Å². The third-order valence-corrected chi connectivity index (χ3v) is 10.3. The summed E-state index contributed by atoms with van der Waals surface area (Å²) in [5.74, 6) is 0. The zero-order valence-electron chi connectivity index (χ0n) is 34.3. The molecule has 4 aromatic rings. The van der Waals surface area contributed by atoms with Crippen LogP contribution in [0.2, 0.25) is 0 Å². The third kappa shape index (κ3) is 13.9. The highest BCUT2D eigenvalue weighted by Crippen LogP contribution is 2.41. The van der Waals surface area contributed by atoms with Crippen molar-refractivity contribution < 1.29 is 110 Å². The molecule has 0 amide bonds. The molecule has 0 aromatic heterocycles. The monoisotopic (exact) mass is 1010 g/mol. The highest BCUT2D eigenvalue weighted by molar-refractivity contribution is 7.20. The lowest BCUT2D eigenvalue weighted by atomic mass is 9.12. The Morgan fingerprint density at radius 2 is 0.403 bits per heavy atom. The Kier molecular flexibility index (Phi) is 16.6. The van der Waals surface area contributed by atoms with Crippen LogP contribution < -0.4 is 26.8 Å². The van der Waals surface area contributed by atoms with Crippen molar-refractivity contribution in [2.45, 2.75) is 89.4 Å². The van der Waals surface area contributed by atoms with Crippen molar-refractivity contribution in [2.75, 3.05) is 19.6 Å². The molecule has 0 atom stereocenters. The second-order valence-corrected chi connectivity index (χ2v) is 15.2. The zero-order chi connectivity index (χ0) is 51.7. The molecule has 4 rings (SSSR count). The molecule has 0 radical (unpaired) electrons. The van der Waals surface area contributed by atoms with Gasteiger partial charge in [0.2, 0.25) is 0 Å². The minimum atomic E-state index is -6.13. The van der Waals surface area contributed by atoms with Crippen molar-refractivity contribution in [2.24, 2.45) is 0 Å². The van der Waals surface area contributed by atoms with Crippen LogP contribution in [0.15, 0.2) is 72.8 Å². The summed E-state index contributed by atoms with van der Waals surface area (Å²) in [5, 5.41) is 0. The van der Waals surface area contributed by atoms with E-state index >= 15 is 0 Å². The lowest BCUT2D eigenvalue weighted by Crippen LogP contribution is -3.11. The van der Waals surface area contributed by atoms with Crippen molar-refractivity contribution in [3.8, 4) is 0 Å². The zero-order valence-corrected chi connectivity index (χ0v) is 34.3. The molecule has 0 aliphatic carbocycles. The van der Waals surface area contributed by atoms with Crippen LogP contribution >= 0.6 is 0 Å². The number of hydrogen-bond donors (Lipinski definition) is 1. The molecule has 0 saturated carbocycles. The summed E-state index contributed by atoms with van der Waals surface area (Å²) in [6, 6.07) is -8.81. The molecule has 0 fully saturated rings. The average molecular weight is 1010 g/mol. The Balaban J connectivity index is 0.00000106. The topological polar surface area (TPSA) is 4.44 Å². The van der Waals surface area contributed by atoms with Crippen LogP contribution in [0.5, 0.6) is 0 Å². The largest absolute Gasteiger partial charge is 0.416 e. The SMILES string of the molecule is CCC[NH+](CCC)CCC.FC(F)(F)c1cc([B-](c2cc(C(F)(F)F)cc(C(F)(F)F)c2)(c2cc(C(F)(F)F)cc(C(F)(F)F)c2)c2cc(C(F)(F)F)cc(C(F)(F)F)c2)cc(C(F)(F)F)c1. The van der Waals surface area contributed by atoms with E-state index in [0.717, 1.165) is 0 Å². The van der Waals surface area contributed by atoms with E-state index in [0.29, 0.717) is 0 Å². The number of halogens is 24. The summed E-state index contributed by atoms with van der Waals surface area (Å²) < 4.78 is 341. The van der Waals surface area contributed by atoms with Gasteiger partial charge in [-0.05, 0) is 43.5 Å². The summed E-state index contributed by atoms with van der Waals surface area (Å²) in [4.78, 5) is 1.78. The second kappa shape index (κ2) is 19.7. The molecule has 4 aromatic carbocycles. The van der Waals surface area contributed by atoms with Crippen molar-refractivity contribution in [3.63, 3.8) is 0 Å². The van der Waals surface area contributed by atoms with Gasteiger partial charge in [-0.1, -0.05) is 69.3 Å². The summed E-state index contributed by atoms with van der Waals surface area (Å²) in [5.41, 5.74) is -30.2. The Labute approximate surface area is 364 Å². The first-order valence-electron chi connectivity index (χ1n) is 19.3. The maximum Gasteiger partial charge on any atom is 0.416 e. The van der Waals surface area contributed by atoms with Crippen LogP contribution in [0, 0.1) is 0 Å². The first kappa shape index (κ1) is 56.5. The fourth-order valence-corrected chi connectivity index (χ4v) is 7.51. The first-order chi connectivity index (χ1) is 30.1. The quantitative estimate of drug-likeness (QED) is 0.119. The van der Waals surface area contributed by atoms with E-state index in [1.807, 2.05) is 0 Å². The summed E-state index contributed by atoms with van der Waals surface area (Å²) in [6.07, 6.45) is -50.8. The van der Waals surface area contributed by atoms with Crippen molar-refractivity contribution >= 4 is 28.0 Å². The number of nitrogens with one attached hydrogen (secondary N) is 1. The predicted molar refractivity (Wildman–Crippen MR) is 197 cm³/mol. The maximum absolute atomic E-state index is 14.2. The lowest BCUT2D eigenvalue weighted by Gasteiger charge is -2.46. The fraction of sp³-hybridized carbons (Fsp3) is 0.415. The van der Waals surface area contributed by atoms with Crippen molar-refractivity contribution in [3.05, 3.63) is 117 Å². The Morgan fingerprint density at radius 3 is 0.507 bits per heavy atom. The Hall–Kier alpha value is -4.78. The van der Waals surface area contributed by atoms with Gasteiger partial charge in [0.25, 0.3) is 0 Å². The van der Waals surface area contributed by atoms with E-state index in [1.54, 1.807) is 4.90 Å². The van der Waals surface area contributed by atoms with Crippen LogP contribution in [0.1, 0.15) is 84.5 Å². The summed E-state index contributed by atoms with van der Waals surface area (Å²) >= 11 is 0. The molecule has 26 heteroatoms. The maximum atomic E-state index is 14.2. The summed E-state index contributed by atoms with van der Waals surface area (Å²) in [6.45, 7) is 10.9. The molecule has 374 valence electrons. The number of benzene rings is 4. The molecule has 0 bridgehead atoms. The van der Waals surface area contributed by atoms with Gasteiger partial charge in [0.05, 0.1) is 64.1 Å². The van der Waals surface area contributed by atoms with Gasteiger partial charge in [-0.2, -0.15) is 127 Å². The normalized spacial score (nSPS) is 13.8. The molecule has 1 nitrogen and oxygen atoms in total. The van der Waals surface area contributed by atoms with Gasteiger partial charge in [0.1, 0.15) is 6.15 Å². The van der Waals surface area contributed by atoms with Crippen molar-refractivity contribution in [1.29, 1.82) is 0 Å². The molecule has 0 aliphatic rings. The van der Waals surface area contributed by atoms with Crippen LogP contribution in [0.25, 0.3) is 0 Å². The average Bonchev–Trinajstić information content (AvgIpc) is 3.16. The highest BCUT2D eigenvalue weighted by atomic mass is 19.4. The molecule has 0 aliphatic heterocycles. The fourth-order valence-electron chi connectivity index (χ4n) is 7.51. The van der Waals surface area contributed by atoms with Crippen molar-refractivity contribution in [1.82, 2.24) is 0 Å². The van der Waals surface area contributed by atoms with E-state index in [1.165, 1.54) is 38.9 Å². The standard InChI is InChI=1S/C32H12BF24.C9H21N/c34-25(35,36)13-1-14(26(37,38)39)6-21(5-13)33(22-7-15(27(40,41)42)2-16(8-22)28(43,44)45,23-9-17(29(46,47)48)3-18(10-23)30(49,50)51)24-11-19(31(52,53)54)4-20(12-24)32(55,56)57;1-4-7-10(8-5-2)9-6-3/h1-12H;4-9H2,1-3H3/q-1;/p+1. The molecule has 67 heavy (non-hydrogen) atoms. The molecular formula is C41H34BF24N. The number of alkyl halides is 24. The van der Waals surface area contributed by atoms with Gasteiger partial charge >= 0.3 is 49.4 Å². The molecule has 0 saturated heterocycles. The predicted octanol–water partition coefficient (Wildman–Crippen LogP) is 12.3. The minimum absolute atomic E-state index is 0.691. The number of rotatable bonds is 10. The van der Waals surface area contributed by atoms with Gasteiger partial charge < -0.3 is 4.90 Å². The lowest BCUT2D eigenvalue weighted by molar-refractivity contribution is -0.900. The van der Waals surface area contributed by atoms with E-state index in [4.69, 9.17) is 0 Å². The second-order valence-electron chi connectivity index (χ2n) is 15.2. The Morgan fingerprint density at radius 1 is 0.269 bits per heavy atom. The van der Waals surface area contributed by atoms with E-state index < -0.39 is 195 Å². The molecule has 0 unspecified atom stereocenters. The van der Waals surface area contributed by atoms with Gasteiger partial charge in [-0.25, -0.2) is 0 Å². The van der Waals surface area contributed by atoms with E-state index in [2.05, 4.69) is 20.8 Å². The first-order valence-corrected chi connectivity index (χ1v) is 19.3. The molecule has 0 heterocycles. The minimum Gasteiger partial charge on any atom is -0.335 e. The third-order valence-electron chi connectivity index (χ3n) is 10.3. The van der Waals surface area contributed by atoms with Gasteiger partial charge in [0.15, 0.2) is 0 Å². The van der Waals surface area contributed by atoms with E-state index in [-0.39, 0.29) is 0 Å². The van der Waals surface area contributed by atoms with Crippen LogP contribution in [-0.4, -0.2) is 25.8 Å². The smallest absolute Gasteiger partial charge is 0.335 e. The number of quaternary nitrogens is 1. The molecule has 1 N–H and O–H groups in total. The van der Waals surface area contributed by atoms with Crippen LogP contribution in [0.3, 0.4) is 0 Å². The highest BCUT2D eigenvalue weighted by Gasteiger charge is 2.47. The van der Waals surface area contributed by atoms with Crippen LogP contribution in [-0.2, 0) is 49.4 Å². The van der Waals surface area contributed by atoms with Gasteiger partial charge in [-0.3, -0.25) is 0 Å². The molecular weight excluding hydrogens is 973 g/mol. The number of hydrogen-bond acceptors (Lipinski definition) is 0.